The van der Waals surface area contributed by atoms with Gasteiger partial charge in [0.15, 0.2) is 0 Å². The third kappa shape index (κ3) is 4.04. The summed E-state index contributed by atoms with van der Waals surface area (Å²) in [5, 5.41) is 9.10. The normalized spacial score (nSPS) is 23.2. The Bertz CT molecular complexity index is 190. The molecule has 0 saturated carbocycles. The molecule has 0 bridgehead atoms. The van der Waals surface area contributed by atoms with Crippen LogP contribution in [0.4, 0.5) is 0 Å². The maximum Gasteiger partial charge on any atom is 0.0460 e. The molecule has 1 unspecified atom stereocenters. The van der Waals surface area contributed by atoms with Crippen molar-refractivity contribution >= 4 is 0 Å². The van der Waals surface area contributed by atoms with Gasteiger partial charge in [-0.25, -0.2) is 0 Å². The molecule has 1 heterocycles. The number of nitrogens with zero attached hydrogens (tertiary/aromatic N) is 1. The number of nitrogens with two attached hydrogens (primary N) is 1. The molecule has 1 atom stereocenters. The number of aliphatic hydroxyl groups excluding tert-OH is 1. The summed E-state index contributed by atoms with van der Waals surface area (Å²) < 4.78 is 0. The van der Waals surface area contributed by atoms with E-state index in [1.165, 1.54) is 12.8 Å². The smallest absolute Gasteiger partial charge is 0.0460 e. The first-order chi connectivity index (χ1) is 7.63. The number of aliphatic hydroxyl groups is 1. The van der Waals surface area contributed by atoms with Crippen LogP contribution in [0.5, 0.6) is 0 Å². The van der Waals surface area contributed by atoms with E-state index < -0.39 is 0 Å². The fraction of sp³-hybridized carbons (Fsp3) is 1.00. The van der Waals surface area contributed by atoms with Gasteiger partial charge >= 0.3 is 0 Å². The van der Waals surface area contributed by atoms with Crippen molar-refractivity contribution in [1.82, 2.24) is 4.90 Å². The Balaban J connectivity index is 2.36. The van der Waals surface area contributed by atoms with Crippen molar-refractivity contribution in [3.05, 3.63) is 0 Å². The molecule has 0 aromatic rings. The van der Waals surface area contributed by atoms with E-state index >= 15 is 0 Å². The molecule has 1 saturated heterocycles. The van der Waals surface area contributed by atoms with E-state index in [1.807, 2.05) is 0 Å². The monoisotopic (exact) mass is 228 g/mol. The van der Waals surface area contributed by atoms with Crippen molar-refractivity contribution in [2.75, 3.05) is 32.8 Å². The van der Waals surface area contributed by atoms with E-state index in [0.29, 0.717) is 12.5 Å². The molecule has 0 amide bonds. The Morgan fingerprint density at radius 1 is 1.38 bits per heavy atom. The van der Waals surface area contributed by atoms with Crippen molar-refractivity contribution in [3.8, 4) is 0 Å². The SMILES string of the molecule is CCCC(C)(CN)CN1CCC(CO)CC1. The molecule has 1 fully saturated rings. The lowest BCUT2D eigenvalue weighted by atomic mass is 9.84. The van der Waals surface area contributed by atoms with Gasteiger partial charge < -0.3 is 15.7 Å². The Labute approximate surface area is 100 Å². The fourth-order valence-corrected chi connectivity index (χ4v) is 2.72. The molecule has 1 aliphatic rings. The third-order valence-electron chi connectivity index (χ3n) is 3.92. The Hall–Kier alpha value is -0.120. The molecule has 3 heteroatoms. The van der Waals surface area contributed by atoms with Crippen molar-refractivity contribution in [3.63, 3.8) is 0 Å². The molecule has 0 aromatic carbocycles. The van der Waals surface area contributed by atoms with Gasteiger partial charge in [-0.15, -0.1) is 0 Å². The minimum absolute atomic E-state index is 0.279. The van der Waals surface area contributed by atoms with Crippen LogP contribution in [0.2, 0.25) is 0 Å². The summed E-state index contributed by atoms with van der Waals surface area (Å²) in [6.07, 6.45) is 4.71. The van der Waals surface area contributed by atoms with E-state index in [2.05, 4.69) is 18.7 Å². The van der Waals surface area contributed by atoms with Crippen LogP contribution >= 0.6 is 0 Å². The predicted octanol–water partition coefficient (Wildman–Crippen LogP) is 1.46. The minimum Gasteiger partial charge on any atom is -0.396 e. The van der Waals surface area contributed by atoms with Crippen LogP contribution in [0, 0.1) is 11.3 Å². The second-order valence-electron chi connectivity index (χ2n) is 5.67. The van der Waals surface area contributed by atoms with Gasteiger partial charge in [0.25, 0.3) is 0 Å². The van der Waals surface area contributed by atoms with Crippen molar-refractivity contribution in [2.24, 2.45) is 17.1 Å². The summed E-state index contributed by atoms with van der Waals surface area (Å²) >= 11 is 0. The molecule has 3 N–H and O–H groups in total. The highest BCUT2D eigenvalue weighted by Crippen LogP contribution is 2.26. The number of hydrogen-bond donors (Lipinski definition) is 2. The van der Waals surface area contributed by atoms with Gasteiger partial charge in [-0.2, -0.15) is 0 Å². The first-order valence-corrected chi connectivity index (χ1v) is 6.67. The third-order valence-corrected chi connectivity index (χ3v) is 3.92. The summed E-state index contributed by atoms with van der Waals surface area (Å²) in [7, 11) is 0. The minimum atomic E-state index is 0.279. The summed E-state index contributed by atoms with van der Waals surface area (Å²) in [5.41, 5.74) is 6.18. The molecule has 3 nitrogen and oxygen atoms in total. The standard InChI is InChI=1S/C13H28N2O/c1-3-6-13(2,10-14)11-15-7-4-12(9-16)5-8-15/h12,16H,3-11,14H2,1-2H3. The molecule has 1 rings (SSSR count). The predicted molar refractivity (Wildman–Crippen MR) is 68.3 cm³/mol. The molecule has 1 aliphatic heterocycles. The van der Waals surface area contributed by atoms with Crippen LogP contribution < -0.4 is 5.73 Å². The lowest BCUT2D eigenvalue weighted by Gasteiger charge is -2.38. The molecule has 0 radical (unpaired) electrons. The van der Waals surface area contributed by atoms with E-state index in [4.69, 9.17) is 10.8 Å². The number of piperidine rings is 1. The molecule has 16 heavy (non-hydrogen) atoms. The molecule has 0 aliphatic carbocycles. The highest BCUT2D eigenvalue weighted by atomic mass is 16.3. The van der Waals surface area contributed by atoms with Gasteiger partial charge in [0.05, 0.1) is 0 Å². The summed E-state index contributed by atoms with van der Waals surface area (Å²) in [5.74, 6) is 0.534. The Kier molecular flexibility index (Phi) is 5.73. The molecular weight excluding hydrogens is 200 g/mol. The topological polar surface area (TPSA) is 49.5 Å². The lowest BCUT2D eigenvalue weighted by molar-refractivity contribution is 0.0935. The first kappa shape index (κ1) is 13.9. The zero-order valence-electron chi connectivity index (χ0n) is 10.9. The molecule has 96 valence electrons. The van der Waals surface area contributed by atoms with Crippen LogP contribution in [-0.2, 0) is 0 Å². The quantitative estimate of drug-likeness (QED) is 0.723. The molecular formula is C13H28N2O. The highest BCUT2D eigenvalue weighted by molar-refractivity contribution is 4.81. The van der Waals surface area contributed by atoms with Crippen LogP contribution in [0.1, 0.15) is 39.5 Å². The maximum atomic E-state index is 9.10. The van der Waals surface area contributed by atoms with Crippen molar-refractivity contribution in [2.45, 2.75) is 39.5 Å². The number of rotatable bonds is 6. The fourth-order valence-electron chi connectivity index (χ4n) is 2.72. The van der Waals surface area contributed by atoms with E-state index in [9.17, 15) is 0 Å². The van der Waals surface area contributed by atoms with Gasteiger partial charge in [-0.1, -0.05) is 20.3 Å². The molecule has 0 spiro atoms. The zero-order valence-corrected chi connectivity index (χ0v) is 10.9. The summed E-state index contributed by atoms with van der Waals surface area (Å²) in [6, 6.07) is 0. The summed E-state index contributed by atoms with van der Waals surface area (Å²) in [4.78, 5) is 2.52. The Morgan fingerprint density at radius 2 is 2.00 bits per heavy atom. The van der Waals surface area contributed by atoms with E-state index in [-0.39, 0.29) is 5.41 Å². The van der Waals surface area contributed by atoms with Crippen molar-refractivity contribution in [1.29, 1.82) is 0 Å². The van der Waals surface area contributed by atoms with E-state index in [0.717, 1.165) is 39.0 Å². The van der Waals surface area contributed by atoms with Crippen molar-refractivity contribution < 1.29 is 5.11 Å². The van der Waals surface area contributed by atoms with Gasteiger partial charge in [0, 0.05) is 13.2 Å². The van der Waals surface area contributed by atoms with E-state index in [1.54, 1.807) is 0 Å². The van der Waals surface area contributed by atoms with Gasteiger partial charge in [0.1, 0.15) is 0 Å². The van der Waals surface area contributed by atoms with Gasteiger partial charge in [-0.05, 0) is 50.2 Å². The Morgan fingerprint density at radius 3 is 2.44 bits per heavy atom. The maximum absolute atomic E-state index is 9.10. The number of likely N-dealkylation sites (tertiary alicyclic amines) is 1. The largest absolute Gasteiger partial charge is 0.396 e. The summed E-state index contributed by atoms with van der Waals surface area (Å²) in [6.45, 7) is 9.04. The second kappa shape index (κ2) is 6.58. The highest BCUT2D eigenvalue weighted by Gasteiger charge is 2.27. The molecule has 0 aromatic heterocycles. The van der Waals surface area contributed by atoms with Gasteiger partial charge in [0.2, 0.25) is 0 Å². The van der Waals surface area contributed by atoms with Gasteiger partial charge in [-0.3, -0.25) is 0 Å². The lowest BCUT2D eigenvalue weighted by Crippen LogP contribution is -2.44. The average Bonchev–Trinajstić information content (AvgIpc) is 2.30. The first-order valence-electron chi connectivity index (χ1n) is 6.67. The number of hydrogen-bond acceptors (Lipinski definition) is 3. The van der Waals surface area contributed by atoms with Crippen LogP contribution in [0.3, 0.4) is 0 Å². The average molecular weight is 228 g/mol. The zero-order chi connectivity index (χ0) is 12.0. The van der Waals surface area contributed by atoms with Crippen LogP contribution in [-0.4, -0.2) is 42.8 Å². The van der Waals surface area contributed by atoms with Crippen LogP contribution in [0.15, 0.2) is 0 Å². The van der Waals surface area contributed by atoms with Crippen LogP contribution in [0.25, 0.3) is 0 Å². The second-order valence-corrected chi connectivity index (χ2v) is 5.67.